The van der Waals surface area contributed by atoms with E-state index in [1.807, 2.05) is 24.3 Å². The smallest absolute Gasteiger partial charge is 0.120 e. The van der Waals surface area contributed by atoms with Crippen molar-refractivity contribution in [1.29, 1.82) is 0 Å². The van der Waals surface area contributed by atoms with Gasteiger partial charge in [-0.25, -0.2) is 0 Å². The molecule has 0 N–H and O–H groups in total. The Morgan fingerprint density at radius 2 is 2.07 bits per heavy atom. The second-order valence-electron chi connectivity index (χ2n) is 3.39. The lowest BCUT2D eigenvalue weighted by Gasteiger charge is -2.23. The van der Waals surface area contributed by atoms with Crippen LogP contribution in [-0.4, -0.2) is 19.3 Å². The standard InChI is InChI=1S/C11H13BrO2/c12-9-2-1-3-11(8-9)14-10-4-6-13-7-5-10/h1-3,8,10H,4-7H2. The third-order valence-corrected chi connectivity index (χ3v) is 2.76. The normalized spacial score (nSPS) is 18.1. The Morgan fingerprint density at radius 3 is 2.79 bits per heavy atom. The molecule has 2 nitrogen and oxygen atoms in total. The van der Waals surface area contributed by atoms with Crippen LogP contribution < -0.4 is 4.74 Å². The molecule has 1 aliphatic heterocycles. The lowest BCUT2D eigenvalue weighted by Crippen LogP contribution is -2.25. The molecule has 0 spiro atoms. The molecule has 3 heteroatoms. The number of ether oxygens (including phenoxy) is 2. The maximum absolute atomic E-state index is 5.83. The van der Waals surface area contributed by atoms with Gasteiger partial charge >= 0.3 is 0 Å². The molecule has 1 fully saturated rings. The van der Waals surface area contributed by atoms with Gasteiger partial charge in [0.15, 0.2) is 0 Å². The predicted molar refractivity (Wildman–Crippen MR) is 58.6 cm³/mol. The Bertz CT molecular complexity index is 295. The average Bonchev–Trinajstić information content (AvgIpc) is 2.19. The molecule has 0 amide bonds. The van der Waals surface area contributed by atoms with Crippen LogP contribution in [0.2, 0.25) is 0 Å². The van der Waals surface area contributed by atoms with E-state index in [0.717, 1.165) is 36.3 Å². The van der Waals surface area contributed by atoms with Crippen molar-refractivity contribution in [3.63, 3.8) is 0 Å². The minimum Gasteiger partial charge on any atom is -0.490 e. The summed E-state index contributed by atoms with van der Waals surface area (Å²) in [5.74, 6) is 0.936. The largest absolute Gasteiger partial charge is 0.490 e. The van der Waals surface area contributed by atoms with E-state index < -0.39 is 0 Å². The van der Waals surface area contributed by atoms with Gasteiger partial charge in [-0.15, -0.1) is 0 Å². The molecular weight excluding hydrogens is 244 g/mol. The summed E-state index contributed by atoms with van der Waals surface area (Å²) in [6.07, 6.45) is 2.30. The van der Waals surface area contributed by atoms with Crippen molar-refractivity contribution >= 4 is 15.9 Å². The zero-order valence-corrected chi connectivity index (χ0v) is 9.50. The highest BCUT2D eigenvalue weighted by Crippen LogP contribution is 2.21. The average molecular weight is 257 g/mol. The van der Waals surface area contributed by atoms with Gasteiger partial charge in [0.1, 0.15) is 11.9 Å². The van der Waals surface area contributed by atoms with E-state index in [1.165, 1.54) is 0 Å². The van der Waals surface area contributed by atoms with Crippen molar-refractivity contribution in [3.05, 3.63) is 28.7 Å². The maximum Gasteiger partial charge on any atom is 0.120 e. The van der Waals surface area contributed by atoms with E-state index in [2.05, 4.69) is 15.9 Å². The van der Waals surface area contributed by atoms with Crippen molar-refractivity contribution in [1.82, 2.24) is 0 Å². The van der Waals surface area contributed by atoms with Gasteiger partial charge in [-0.1, -0.05) is 22.0 Å². The van der Waals surface area contributed by atoms with E-state index in [4.69, 9.17) is 9.47 Å². The Morgan fingerprint density at radius 1 is 1.29 bits per heavy atom. The highest BCUT2D eigenvalue weighted by atomic mass is 79.9. The molecule has 1 aromatic carbocycles. The first kappa shape index (κ1) is 9.99. The van der Waals surface area contributed by atoms with Gasteiger partial charge in [-0.05, 0) is 18.2 Å². The summed E-state index contributed by atoms with van der Waals surface area (Å²) in [4.78, 5) is 0. The second kappa shape index (κ2) is 4.80. The van der Waals surface area contributed by atoms with Crippen LogP contribution >= 0.6 is 15.9 Å². The van der Waals surface area contributed by atoms with Crippen LogP contribution in [0.5, 0.6) is 5.75 Å². The minimum absolute atomic E-state index is 0.318. The molecule has 2 rings (SSSR count). The highest BCUT2D eigenvalue weighted by Gasteiger charge is 2.14. The molecule has 0 unspecified atom stereocenters. The van der Waals surface area contributed by atoms with E-state index in [0.29, 0.717) is 6.10 Å². The summed E-state index contributed by atoms with van der Waals surface area (Å²) in [5.41, 5.74) is 0. The molecule has 0 radical (unpaired) electrons. The van der Waals surface area contributed by atoms with E-state index in [9.17, 15) is 0 Å². The van der Waals surface area contributed by atoms with E-state index in [1.54, 1.807) is 0 Å². The van der Waals surface area contributed by atoms with Crippen molar-refractivity contribution in [2.45, 2.75) is 18.9 Å². The van der Waals surface area contributed by atoms with Gasteiger partial charge < -0.3 is 9.47 Å². The zero-order valence-electron chi connectivity index (χ0n) is 7.91. The Hall–Kier alpha value is -0.540. The highest BCUT2D eigenvalue weighted by molar-refractivity contribution is 9.10. The molecule has 0 aliphatic carbocycles. The van der Waals surface area contributed by atoms with Crippen LogP contribution in [0.3, 0.4) is 0 Å². The maximum atomic E-state index is 5.83. The summed E-state index contributed by atoms with van der Waals surface area (Å²) in [5, 5.41) is 0. The molecule has 0 aromatic heterocycles. The second-order valence-corrected chi connectivity index (χ2v) is 4.30. The van der Waals surface area contributed by atoms with Gasteiger partial charge in [0.05, 0.1) is 13.2 Å². The molecule has 1 aromatic rings. The van der Waals surface area contributed by atoms with Gasteiger partial charge in [-0.2, -0.15) is 0 Å². The quantitative estimate of drug-likeness (QED) is 0.810. The van der Waals surface area contributed by atoms with Gasteiger partial charge in [-0.3, -0.25) is 0 Å². The fraction of sp³-hybridized carbons (Fsp3) is 0.455. The van der Waals surface area contributed by atoms with Gasteiger partial charge in [0, 0.05) is 17.3 Å². The van der Waals surface area contributed by atoms with E-state index >= 15 is 0 Å². The van der Waals surface area contributed by atoms with Crippen molar-refractivity contribution in [2.75, 3.05) is 13.2 Å². The number of benzene rings is 1. The molecule has 14 heavy (non-hydrogen) atoms. The lowest BCUT2D eigenvalue weighted by molar-refractivity contribution is 0.0255. The van der Waals surface area contributed by atoms with Crippen LogP contribution in [-0.2, 0) is 4.74 Å². The molecule has 1 saturated heterocycles. The summed E-state index contributed by atoms with van der Waals surface area (Å²) in [7, 11) is 0. The molecular formula is C11H13BrO2. The molecule has 0 atom stereocenters. The van der Waals surface area contributed by atoms with Crippen molar-refractivity contribution in [3.8, 4) is 5.75 Å². The summed E-state index contributed by atoms with van der Waals surface area (Å²) >= 11 is 3.42. The van der Waals surface area contributed by atoms with Crippen LogP contribution in [0.25, 0.3) is 0 Å². The fourth-order valence-electron chi connectivity index (χ4n) is 1.53. The van der Waals surface area contributed by atoms with Gasteiger partial charge in [0.25, 0.3) is 0 Å². The minimum atomic E-state index is 0.318. The van der Waals surface area contributed by atoms with Crippen LogP contribution in [0.4, 0.5) is 0 Å². The Labute approximate surface area is 92.3 Å². The molecule has 0 saturated carbocycles. The van der Waals surface area contributed by atoms with Crippen LogP contribution in [0, 0.1) is 0 Å². The Kier molecular flexibility index (Phi) is 3.43. The van der Waals surface area contributed by atoms with Crippen molar-refractivity contribution in [2.24, 2.45) is 0 Å². The fourth-order valence-corrected chi connectivity index (χ4v) is 1.90. The van der Waals surface area contributed by atoms with Crippen LogP contribution in [0.1, 0.15) is 12.8 Å². The first-order valence-corrected chi connectivity index (χ1v) is 5.64. The molecule has 1 aliphatic rings. The first-order valence-electron chi connectivity index (χ1n) is 4.84. The SMILES string of the molecule is Brc1cccc(OC2CCOCC2)c1. The number of hydrogen-bond acceptors (Lipinski definition) is 2. The van der Waals surface area contributed by atoms with E-state index in [-0.39, 0.29) is 0 Å². The van der Waals surface area contributed by atoms with Crippen molar-refractivity contribution < 1.29 is 9.47 Å². The topological polar surface area (TPSA) is 18.5 Å². The third kappa shape index (κ3) is 2.72. The molecule has 76 valence electrons. The zero-order chi connectivity index (χ0) is 9.80. The lowest BCUT2D eigenvalue weighted by atomic mass is 10.1. The molecule has 0 bridgehead atoms. The number of rotatable bonds is 2. The summed E-state index contributed by atoms with van der Waals surface area (Å²) in [6.45, 7) is 1.64. The first-order chi connectivity index (χ1) is 6.84. The summed E-state index contributed by atoms with van der Waals surface area (Å²) in [6, 6.07) is 7.96. The Balaban J connectivity index is 1.95. The molecule has 1 heterocycles. The number of halogens is 1. The number of hydrogen-bond donors (Lipinski definition) is 0. The monoisotopic (exact) mass is 256 g/mol. The predicted octanol–water partition coefficient (Wildman–Crippen LogP) is 3.01. The summed E-state index contributed by atoms with van der Waals surface area (Å²) < 4.78 is 12.2. The van der Waals surface area contributed by atoms with Gasteiger partial charge in [0.2, 0.25) is 0 Å². The van der Waals surface area contributed by atoms with Crippen LogP contribution in [0.15, 0.2) is 28.7 Å². The third-order valence-electron chi connectivity index (χ3n) is 2.27.